The summed E-state index contributed by atoms with van der Waals surface area (Å²) in [6.07, 6.45) is 4.44. The van der Waals surface area contributed by atoms with E-state index in [9.17, 15) is 24.9 Å². The van der Waals surface area contributed by atoms with Gasteiger partial charge >= 0.3 is 0 Å². The van der Waals surface area contributed by atoms with E-state index >= 15 is 4.39 Å². The second-order valence-electron chi connectivity index (χ2n) is 9.75. The number of ketones is 2. The van der Waals surface area contributed by atoms with Crippen LogP contribution in [0, 0.1) is 28.6 Å². The fraction of sp³-hybridized carbons (Fsp3) is 0.727. The predicted octanol–water partition coefficient (Wildman–Crippen LogP) is 1.90. The highest BCUT2D eigenvalue weighted by Gasteiger charge is 2.75. The van der Waals surface area contributed by atoms with Gasteiger partial charge in [0.2, 0.25) is 0 Å². The molecular formula is C22H29FO5. The third-order valence-electron chi connectivity index (χ3n) is 8.79. The number of alkyl halides is 1. The number of rotatable bonds is 2. The molecule has 0 amide bonds. The molecule has 0 saturated heterocycles. The number of Topliss-reactive ketones (excluding diaryl/α,β-unsaturated/α-hetero) is 1. The number of hydrogen-bond donors (Lipinski definition) is 3. The molecule has 154 valence electrons. The molecule has 5 nitrogen and oxygen atoms in total. The molecule has 28 heavy (non-hydrogen) atoms. The number of halogens is 1. The van der Waals surface area contributed by atoms with Gasteiger partial charge in [0.1, 0.15) is 12.2 Å². The van der Waals surface area contributed by atoms with Crippen molar-refractivity contribution in [2.45, 2.75) is 63.8 Å². The van der Waals surface area contributed by atoms with Gasteiger partial charge in [0.25, 0.3) is 0 Å². The maximum atomic E-state index is 16.9. The Balaban J connectivity index is 1.84. The third-order valence-corrected chi connectivity index (χ3v) is 8.79. The van der Waals surface area contributed by atoms with Gasteiger partial charge in [-0.2, -0.15) is 0 Å². The molecule has 0 aliphatic heterocycles. The number of aliphatic hydroxyl groups excluding tert-OH is 2. The Morgan fingerprint density at radius 2 is 2.00 bits per heavy atom. The SMILES string of the molecule is CC1CC2[C@H]3CCC4=CC(=O)C=CC4(C)C3(F)C(O)CC2(C)C1(O)C(=O)CO. The number of aliphatic hydroxyl groups is 3. The molecule has 8 atom stereocenters. The standard InChI is InChI=1S/C22H29FO5/c1-12-8-16-15-5-4-13-9-14(25)6-7-19(13,2)21(15,23)17(26)10-20(16,3)22(12,28)18(27)11-24/h6-7,9,12,15-17,24,26,28H,4-5,8,10-11H2,1-3H3/t12?,15-,16?,17?,19?,20?,21?,22?/m1/s1. The van der Waals surface area contributed by atoms with Gasteiger partial charge in [-0.05, 0) is 56.6 Å². The zero-order chi connectivity index (χ0) is 20.7. The van der Waals surface area contributed by atoms with Gasteiger partial charge in [0, 0.05) is 16.7 Å². The van der Waals surface area contributed by atoms with E-state index in [4.69, 9.17) is 0 Å². The van der Waals surface area contributed by atoms with Crippen molar-refractivity contribution >= 4 is 11.6 Å². The monoisotopic (exact) mass is 392 g/mol. The van der Waals surface area contributed by atoms with E-state index in [0.717, 1.165) is 0 Å². The first kappa shape index (κ1) is 19.9. The summed E-state index contributed by atoms with van der Waals surface area (Å²) in [4.78, 5) is 24.4. The Morgan fingerprint density at radius 3 is 2.64 bits per heavy atom. The van der Waals surface area contributed by atoms with Crippen LogP contribution in [-0.2, 0) is 9.59 Å². The van der Waals surface area contributed by atoms with Crippen molar-refractivity contribution in [2.24, 2.45) is 28.6 Å². The van der Waals surface area contributed by atoms with Crippen LogP contribution >= 0.6 is 0 Å². The smallest absolute Gasteiger partial charge is 0.190 e. The summed E-state index contributed by atoms with van der Waals surface area (Å²) in [6, 6.07) is 0. The van der Waals surface area contributed by atoms with E-state index in [1.165, 1.54) is 12.2 Å². The number of hydrogen-bond acceptors (Lipinski definition) is 5. The van der Waals surface area contributed by atoms with Crippen LogP contribution in [0.5, 0.6) is 0 Å². The molecule has 3 N–H and O–H groups in total. The molecule has 4 aliphatic rings. The molecule has 3 saturated carbocycles. The fourth-order valence-corrected chi connectivity index (χ4v) is 7.26. The lowest BCUT2D eigenvalue weighted by Crippen LogP contribution is -2.69. The van der Waals surface area contributed by atoms with Gasteiger partial charge in [-0.3, -0.25) is 9.59 Å². The minimum atomic E-state index is -1.98. The van der Waals surface area contributed by atoms with Gasteiger partial charge in [-0.1, -0.05) is 25.5 Å². The van der Waals surface area contributed by atoms with E-state index in [1.54, 1.807) is 26.8 Å². The summed E-state index contributed by atoms with van der Waals surface area (Å²) in [5.74, 6) is -2.12. The highest BCUT2D eigenvalue weighted by atomic mass is 19.1. The van der Waals surface area contributed by atoms with Crippen LogP contribution in [0.3, 0.4) is 0 Å². The molecule has 0 spiro atoms. The van der Waals surface area contributed by atoms with Crippen LogP contribution in [-0.4, -0.2) is 50.9 Å². The quantitative estimate of drug-likeness (QED) is 0.667. The molecule has 0 heterocycles. The normalized spacial score (nSPS) is 52.5. The summed E-state index contributed by atoms with van der Waals surface area (Å²) in [5, 5.41) is 32.0. The molecular weight excluding hydrogens is 363 g/mol. The zero-order valence-electron chi connectivity index (χ0n) is 16.6. The summed E-state index contributed by atoms with van der Waals surface area (Å²) in [6.45, 7) is 4.48. The minimum Gasteiger partial charge on any atom is -0.390 e. The molecule has 6 heteroatoms. The molecule has 4 aliphatic carbocycles. The van der Waals surface area contributed by atoms with Crippen LogP contribution in [0.4, 0.5) is 4.39 Å². The van der Waals surface area contributed by atoms with Gasteiger partial charge in [-0.25, -0.2) is 4.39 Å². The Labute approximate surface area is 164 Å². The van der Waals surface area contributed by atoms with Crippen LogP contribution in [0.2, 0.25) is 0 Å². The van der Waals surface area contributed by atoms with Crippen molar-refractivity contribution in [1.82, 2.24) is 0 Å². The predicted molar refractivity (Wildman–Crippen MR) is 99.9 cm³/mol. The van der Waals surface area contributed by atoms with Crippen molar-refractivity contribution in [3.63, 3.8) is 0 Å². The molecule has 3 fully saturated rings. The summed E-state index contributed by atoms with van der Waals surface area (Å²) in [5.41, 5.74) is -5.17. The van der Waals surface area contributed by atoms with Crippen LogP contribution in [0.15, 0.2) is 23.8 Å². The maximum Gasteiger partial charge on any atom is 0.190 e. The Hall–Kier alpha value is -1.37. The Bertz CT molecular complexity index is 805. The highest BCUT2D eigenvalue weighted by molar-refractivity contribution is 6.01. The Morgan fingerprint density at radius 1 is 1.32 bits per heavy atom. The topological polar surface area (TPSA) is 94.8 Å². The van der Waals surface area contributed by atoms with Crippen LogP contribution < -0.4 is 0 Å². The van der Waals surface area contributed by atoms with Crippen molar-refractivity contribution in [3.05, 3.63) is 23.8 Å². The van der Waals surface area contributed by atoms with Crippen molar-refractivity contribution in [1.29, 1.82) is 0 Å². The average molecular weight is 392 g/mol. The fourth-order valence-electron chi connectivity index (χ4n) is 7.26. The van der Waals surface area contributed by atoms with E-state index in [-0.39, 0.29) is 18.1 Å². The van der Waals surface area contributed by atoms with Crippen LogP contribution in [0.25, 0.3) is 0 Å². The first-order valence-electron chi connectivity index (χ1n) is 10.1. The van der Waals surface area contributed by atoms with E-state index in [0.29, 0.717) is 24.8 Å². The Kier molecular flexibility index (Phi) is 4.15. The largest absolute Gasteiger partial charge is 0.390 e. The lowest BCUT2D eigenvalue weighted by molar-refractivity contribution is -0.219. The summed E-state index contributed by atoms with van der Waals surface area (Å²) < 4.78 is 16.9. The number of fused-ring (bicyclic) bond motifs is 5. The third kappa shape index (κ3) is 2.01. The van der Waals surface area contributed by atoms with Crippen molar-refractivity contribution < 1.29 is 29.3 Å². The molecule has 0 bridgehead atoms. The average Bonchev–Trinajstić information content (AvgIpc) is 2.84. The lowest BCUT2D eigenvalue weighted by atomic mass is 9.44. The molecule has 0 aromatic rings. The first-order valence-corrected chi connectivity index (χ1v) is 10.1. The molecule has 0 radical (unpaired) electrons. The summed E-state index contributed by atoms with van der Waals surface area (Å²) in [7, 11) is 0. The molecule has 7 unspecified atom stereocenters. The lowest BCUT2D eigenvalue weighted by Gasteiger charge is -2.62. The molecule has 4 rings (SSSR count). The highest BCUT2D eigenvalue weighted by Crippen LogP contribution is 2.70. The second-order valence-corrected chi connectivity index (χ2v) is 9.75. The molecule has 0 aromatic heterocycles. The van der Waals surface area contributed by atoms with Gasteiger partial charge < -0.3 is 15.3 Å². The first-order chi connectivity index (χ1) is 13.0. The van der Waals surface area contributed by atoms with Crippen molar-refractivity contribution in [3.8, 4) is 0 Å². The van der Waals surface area contributed by atoms with E-state index in [1.807, 2.05) is 0 Å². The van der Waals surface area contributed by atoms with E-state index in [2.05, 4.69) is 0 Å². The second kappa shape index (κ2) is 5.83. The zero-order valence-corrected chi connectivity index (χ0v) is 16.6. The van der Waals surface area contributed by atoms with Gasteiger partial charge in [0.15, 0.2) is 17.2 Å². The summed E-state index contributed by atoms with van der Waals surface area (Å²) >= 11 is 0. The van der Waals surface area contributed by atoms with Gasteiger partial charge in [0.05, 0.1) is 6.10 Å². The van der Waals surface area contributed by atoms with Gasteiger partial charge in [-0.15, -0.1) is 0 Å². The molecule has 0 aromatic carbocycles. The van der Waals surface area contributed by atoms with Crippen LogP contribution in [0.1, 0.15) is 46.5 Å². The minimum absolute atomic E-state index is 0.0676. The number of allylic oxidation sites excluding steroid dienone is 4. The maximum absolute atomic E-state index is 16.9. The number of carbonyl (C=O) groups is 2. The number of carbonyl (C=O) groups excluding carboxylic acids is 2. The van der Waals surface area contributed by atoms with E-state index < -0.39 is 52.4 Å². The van der Waals surface area contributed by atoms with Crippen molar-refractivity contribution in [2.75, 3.05) is 6.61 Å².